The molecule has 3 heteroatoms. The van der Waals surface area contributed by atoms with Crippen LogP contribution < -0.4 is 0 Å². The molecular formula is C24H19N3. The molecule has 2 heterocycles. The minimum Gasteiger partial charge on any atom is -0.304 e. The number of benzene rings is 3. The van der Waals surface area contributed by atoms with E-state index >= 15 is 0 Å². The van der Waals surface area contributed by atoms with E-state index in [0.29, 0.717) is 0 Å². The predicted molar refractivity (Wildman–Crippen MR) is 111 cm³/mol. The predicted octanol–water partition coefficient (Wildman–Crippen LogP) is 5.61. The van der Waals surface area contributed by atoms with Crippen LogP contribution in [0.3, 0.4) is 0 Å². The number of aromatic nitrogens is 3. The van der Waals surface area contributed by atoms with Gasteiger partial charge in [0.05, 0.1) is 6.54 Å². The smallest absolute Gasteiger partial charge is 0.160 e. The maximum absolute atomic E-state index is 4.89. The lowest BCUT2D eigenvalue weighted by atomic mass is 10.0. The van der Waals surface area contributed by atoms with E-state index in [9.17, 15) is 0 Å². The molecule has 3 nitrogen and oxygen atoms in total. The summed E-state index contributed by atoms with van der Waals surface area (Å²) in [5.74, 6) is 0.955. The minimum absolute atomic E-state index is 0.734. The number of hydrogen-bond donors (Lipinski definition) is 0. The van der Waals surface area contributed by atoms with Crippen molar-refractivity contribution in [1.82, 2.24) is 14.5 Å². The third kappa shape index (κ3) is 2.77. The Kier molecular flexibility index (Phi) is 3.72. The molecule has 0 bridgehead atoms. The van der Waals surface area contributed by atoms with Crippen molar-refractivity contribution in [2.75, 3.05) is 0 Å². The van der Waals surface area contributed by atoms with Crippen LogP contribution in [0.15, 0.2) is 85.1 Å². The topological polar surface area (TPSA) is 30.7 Å². The molecule has 0 saturated heterocycles. The van der Waals surface area contributed by atoms with Crippen LogP contribution in [0.2, 0.25) is 0 Å². The summed E-state index contributed by atoms with van der Waals surface area (Å²) in [4.78, 5) is 9.51. The van der Waals surface area contributed by atoms with Crippen molar-refractivity contribution in [1.29, 1.82) is 0 Å². The Balaban J connectivity index is 1.72. The Morgan fingerprint density at radius 3 is 2.52 bits per heavy atom. The molecule has 0 spiro atoms. The number of aryl methyl sites for hydroxylation is 1. The minimum atomic E-state index is 0.734. The van der Waals surface area contributed by atoms with E-state index in [0.717, 1.165) is 29.1 Å². The average molecular weight is 349 g/mol. The zero-order valence-electron chi connectivity index (χ0n) is 15.1. The van der Waals surface area contributed by atoms with Gasteiger partial charge in [0.15, 0.2) is 5.65 Å². The standard InChI is InChI=1S/C24H19N3/c1-17-11-13-19(14-12-17)23-26-22-10-5-15-25-24(22)27(23)16-20-8-4-7-18-6-2-3-9-21(18)20/h2-15H,16H2,1H3. The molecule has 0 aliphatic rings. The number of fused-ring (bicyclic) bond motifs is 2. The van der Waals surface area contributed by atoms with Gasteiger partial charge in [-0.1, -0.05) is 72.3 Å². The van der Waals surface area contributed by atoms with Crippen molar-refractivity contribution in [2.45, 2.75) is 13.5 Å². The Hall–Kier alpha value is -3.46. The summed E-state index contributed by atoms with van der Waals surface area (Å²) in [7, 11) is 0. The van der Waals surface area contributed by atoms with Gasteiger partial charge in [-0.05, 0) is 35.4 Å². The first-order valence-corrected chi connectivity index (χ1v) is 9.14. The first-order chi connectivity index (χ1) is 13.3. The largest absolute Gasteiger partial charge is 0.304 e. The van der Waals surface area contributed by atoms with Gasteiger partial charge in [0.2, 0.25) is 0 Å². The summed E-state index contributed by atoms with van der Waals surface area (Å²) >= 11 is 0. The molecule has 5 aromatic rings. The summed E-state index contributed by atoms with van der Waals surface area (Å²) in [5.41, 5.74) is 5.47. The molecular weight excluding hydrogens is 330 g/mol. The van der Waals surface area contributed by atoms with Crippen molar-refractivity contribution >= 4 is 21.9 Å². The zero-order chi connectivity index (χ0) is 18.2. The summed E-state index contributed by atoms with van der Waals surface area (Å²) in [6.07, 6.45) is 1.84. The highest BCUT2D eigenvalue weighted by atomic mass is 15.1. The Labute approximate surface area is 157 Å². The number of rotatable bonds is 3. The van der Waals surface area contributed by atoms with Crippen LogP contribution in [-0.4, -0.2) is 14.5 Å². The number of hydrogen-bond acceptors (Lipinski definition) is 2. The normalized spacial score (nSPS) is 11.3. The fourth-order valence-electron chi connectivity index (χ4n) is 3.63. The van der Waals surface area contributed by atoms with Crippen LogP contribution >= 0.6 is 0 Å². The third-order valence-electron chi connectivity index (χ3n) is 5.02. The fourth-order valence-corrected chi connectivity index (χ4v) is 3.63. The van der Waals surface area contributed by atoms with Gasteiger partial charge in [0.1, 0.15) is 11.3 Å². The summed E-state index contributed by atoms with van der Waals surface area (Å²) in [6.45, 7) is 2.84. The third-order valence-corrected chi connectivity index (χ3v) is 5.02. The van der Waals surface area contributed by atoms with E-state index in [4.69, 9.17) is 4.98 Å². The highest BCUT2D eigenvalue weighted by Gasteiger charge is 2.14. The molecule has 0 fully saturated rings. The molecule has 130 valence electrons. The molecule has 0 aliphatic carbocycles. The van der Waals surface area contributed by atoms with Gasteiger partial charge in [-0.15, -0.1) is 0 Å². The summed E-state index contributed by atoms with van der Waals surface area (Å²) in [5, 5.41) is 2.52. The van der Waals surface area contributed by atoms with Gasteiger partial charge >= 0.3 is 0 Å². The van der Waals surface area contributed by atoms with Gasteiger partial charge in [-0.2, -0.15) is 0 Å². The van der Waals surface area contributed by atoms with Crippen LogP contribution in [0, 0.1) is 6.92 Å². The van der Waals surface area contributed by atoms with Gasteiger partial charge < -0.3 is 4.57 Å². The lowest BCUT2D eigenvalue weighted by Crippen LogP contribution is -2.04. The van der Waals surface area contributed by atoms with Crippen LogP contribution in [0.1, 0.15) is 11.1 Å². The second-order valence-corrected chi connectivity index (χ2v) is 6.87. The Morgan fingerprint density at radius 1 is 0.815 bits per heavy atom. The maximum atomic E-state index is 4.89. The van der Waals surface area contributed by atoms with E-state index in [1.165, 1.54) is 21.9 Å². The monoisotopic (exact) mass is 349 g/mol. The van der Waals surface area contributed by atoms with Gasteiger partial charge in [-0.3, -0.25) is 0 Å². The number of pyridine rings is 1. The van der Waals surface area contributed by atoms with E-state index in [1.54, 1.807) is 0 Å². The van der Waals surface area contributed by atoms with Gasteiger partial charge in [0, 0.05) is 11.8 Å². The maximum Gasteiger partial charge on any atom is 0.160 e. The molecule has 0 amide bonds. The summed E-state index contributed by atoms with van der Waals surface area (Å²) < 4.78 is 2.22. The average Bonchev–Trinajstić information content (AvgIpc) is 3.07. The molecule has 0 radical (unpaired) electrons. The fraction of sp³-hybridized carbons (Fsp3) is 0.0833. The van der Waals surface area contributed by atoms with E-state index in [1.807, 2.05) is 18.3 Å². The molecule has 0 N–H and O–H groups in total. The number of nitrogens with zero attached hydrogens (tertiary/aromatic N) is 3. The van der Waals surface area contributed by atoms with Crippen molar-refractivity contribution in [3.05, 3.63) is 96.2 Å². The van der Waals surface area contributed by atoms with E-state index in [2.05, 4.69) is 83.2 Å². The Morgan fingerprint density at radius 2 is 1.63 bits per heavy atom. The van der Waals surface area contributed by atoms with Crippen LogP contribution in [0.25, 0.3) is 33.3 Å². The van der Waals surface area contributed by atoms with Crippen LogP contribution in [0.5, 0.6) is 0 Å². The second kappa shape index (κ2) is 6.36. The molecule has 0 aliphatic heterocycles. The lowest BCUT2D eigenvalue weighted by molar-refractivity contribution is 0.829. The van der Waals surface area contributed by atoms with Crippen molar-refractivity contribution < 1.29 is 0 Å². The number of imidazole rings is 1. The van der Waals surface area contributed by atoms with Gasteiger partial charge in [0.25, 0.3) is 0 Å². The molecule has 0 unspecified atom stereocenters. The highest BCUT2D eigenvalue weighted by Crippen LogP contribution is 2.27. The van der Waals surface area contributed by atoms with Gasteiger partial charge in [-0.25, -0.2) is 9.97 Å². The molecule has 0 atom stereocenters. The highest BCUT2D eigenvalue weighted by molar-refractivity contribution is 5.86. The summed E-state index contributed by atoms with van der Waals surface area (Å²) in [6, 6.07) is 27.5. The molecule has 27 heavy (non-hydrogen) atoms. The van der Waals surface area contributed by atoms with E-state index in [-0.39, 0.29) is 0 Å². The van der Waals surface area contributed by atoms with Crippen molar-refractivity contribution in [3.8, 4) is 11.4 Å². The molecule has 2 aromatic heterocycles. The Bertz CT molecular complexity index is 1240. The van der Waals surface area contributed by atoms with Crippen molar-refractivity contribution in [2.24, 2.45) is 0 Å². The SMILES string of the molecule is Cc1ccc(-c2nc3cccnc3n2Cc2cccc3ccccc23)cc1. The molecule has 5 rings (SSSR count). The van der Waals surface area contributed by atoms with Crippen molar-refractivity contribution in [3.63, 3.8) is 0 Å². The molecule has 0 saturated carbocycles. The zero-order valence-corrected chi connectivity index (χ0v) is 15.1. The van der Waals surface area contributed by atoms with Crippen LogP contribution in [0.4, 0.5) is 0 Å². The van der Waals surface area contributed by atoms with Crippen LogP contribution in [-0.2, 0) is 6.54 Å². The second-order valence-electron chi connectivity index (χ2n) is 6.87. The lowest BCUT2D eigenvalue weighted by Gasteiger charge is -2.11. The first-order valence-electron chi connectivity index (χ1n) is 9.14. The molecule has 3 aromatic carbocycles. The van der Waals surface area contributed by atoms with E-state index < -0.39 is 0 Å². The quantitative estimate of drug-likeness (QED) is 0.424. The first kappa shape index (κ1) is 15.8.